The van der Waals surface area contributed by atoms with Gasteiger partial charge in [0, 0.05) is 0 Å². The predicted molar refractivity (Wildman–Crippen MR) is 78.9 cm³/mol. The summed E-state index contributed by atoms with van der Waals surface area (Å²) in [6.45, 7) is 0. The molecule has 7 heteroatoms. The van der Waals surface area contributed by atoms with Crippen LogP contribution >= 0.6 is 15.9 Å². The molecular formula is C16H9BrF6. The normalized spacial score (nSPS) is 12.1. The lowest BCUT2D eigenvalue weighted by atomic mass is 9.97. The Morgan fingerprint density at radius 3 is 1.17 bits per heavy atom. The Labute approximate surface area is 136 Å². The van der Waals surface area contributed by atoms with Crippen LogP contribution < -0.4 is 0 Å². The van der Waals surface area contributed by atoms with Crippen LogP contribution in [-0.2, 0) is 12.4 Å². The van der Waals surface area contributed by atoms with Crippen molar-refractivity contribution >= 4 is 21.5 Å². The lowest BCUT2D eigenvalue weighted by molar-refractivity contribution is -0.138. The van der Waals surface area contributed by atoms with Crippen LogP contribution in [0.4, 0.5) is 26.3 Å². The molecule has 0 spiro atoms. The van der Waals surface area contributed by atoms with Crippen LogP contribution in [0.5, 0.6) is 0 Å². The molecule has 0 atom stereocenters. The third kappa shape index (κ3) is 4.16. The molecule has 0 nitrogen and oxygen atoms in total. The molecule has 23 heavy (non-hydrogen) atoms. The summed E-state index contributed by atoms with van der Waals surface area (Å²) in [6, 6.07) is 8.79. The van der Waals surface area contributed by atoms with Gasteiger partial charge in [-0.05, 0) is 46.0 Å². The number of alkyl halides is 6. The molecule has 0 aliphatic heterocycles. The molecule has 0 N–H and O–H groups in total. The van der Waals surface area contributed by atoms with Gasteiger partial charge in [0.25, 0.3) is 0 Å². The van der Waals surface area contributed by atoms with Gasteiger partial charge in [-0.1, -0.05) is 40.2 Å². The molecule has 0 unspecified atom stereocenters. The monoisotopic (exact) mass is 394 g/mol. The van der Waals surface area contributed by atoms with Gasteiger partial charge in [0.2, 0.25) is 0 Å². The highest BCUT2D eigenvalue weighted by Crippen LogP contribution is 2.33. The molecule has 2 aromatic carbocycles. The molecule has 0 aliphatic rings. The number of halogens is 7. The summed E-state index contributed by atoms with van der Waals surface area (Å²) in [4.78, 5) is 1.46. The van der Waals surface area contributed by atoms with Crippen molar-refractivity contribution in [2.75, 3.05) is 0 Å². The average Bonchev–Trinajstić information content (AvgIpc) is 2.47. The third-order valence-corrected chi connectivity index (χ3v) is 3.61. The van der Waals surface area contributed by atoms with Gasteiger partial charge in [0.05, 0.1) is 11.1 Å². The minimum atomic E-state index is -4.44. The smallest absolute Gasteiger partial charge is 0.166 e. The minimum absolute atomic E-state index is 0.453. The van der Waals surface area contributed by atoms with Gasteiger partial charge < -0.3 is 0 Å². The number of rotatable bonds is 2. The molecular weight excluding hydrogens is 386 g/mol. The lowest BCUT2D eigenvalue weighted by Crippen LogP contribution is -2.05. The van der Waals surface area contributed by atoms with E-state index in [2.05, 4.69) is 15.9 Å². The maximum absolute atomic E-state index is 12.6. The molecule has 0 amide bonds. The van der Waals surface area contributed by atoms with Crippen LogP contribution in [0, 0.1) is 0 Å². The van der Waals surface area contributed by atoms with E-state index >= 15 is 0 Å². The van der Waals surface area contributed by atoms with E-state index < -0.39 is 23.5 Å². The van der Waals surface area contributed by atoms with E-state index in [4.69, 9.17) is 0 Å². The standard InChI is InChI=1S/C16H9BrF6/c17-9-14(10-1-5-12(6-2-10)15(18,19)20)11-3-7-13(8-4-11)16(21,22)23/h1-9H. The Balaban J connectivity index is 2.34. The molecule has 0 radical (unpaired) electrons. The fraction of sp³-hybridized carbons (Fsp3) is 0.125. The molecule has 122 valence electrons. The highest BCUT2D eigenvalue weighted by atomic mass is 79.9. The fourth-order valence-corrected chi connectivity index (χ4v) is 2.50. The van der Waals surface area contributed by atoms with Gasteiger partial charge in [-0.3, -0.25) is 0 Å². The molecule has 0 aromatic heterocycles. The summed E-state index contributed by atoms with van der Waals surface area (Å²) < 4.78 is 75.3. The Morgan fingerprint density at radius 1 is 0.652 bits per heavy atom. The molecule has 0 bridgehead atoms. The Morgan fingerprint density at radius 2 is 0.957 bits per heavy atom. The van der Waals surface area contributed by atoms with Crippen LogP contribution in [-0.4, -0.2) is 0 Å². The first-order chi connectivity index (χ1) is 10.6. The second kappa shape index (κ2) is 6.39. The Kier molecular flexibility index (Phi) is 4.89. The zero-order chi connectivity index (χ0) is 17.3. The van der Waals surface area contributed by atoms with Crippen LogP contribution in [0.15, 0.2) is 53.5 Å². The summed E-state index contributed by atoms with van der Waals surface area (Å²) >= 11 is 3.10. The summed E-state index contributed by atoms with van der Waals surface area (Å²) in [5, 5.41) is 0. The van der Waals surface area contributed by atoms with Gasteiger partial charge in [-0.15, -0.1) is 0 Å². The highest BCUT2D eigenvalue weighted by molar-refractivity contribution is 9.11. The Bertz CT molecular complexity index is 634. The van der Waals surface area contributed by atoms with E-state index in [0.717, 1.165) is 24.3 Å². The van der Waals surface area contributed by atoms with Gasteiger partial charge in [0.1, 0.15) is 0 Å². The van der Waals surface area contributed by atoms with E-state index in [1.165, 1.54) is 29.3 Å². The zero-order valence-corrected chi connectivity index (χ0v) is 12.9. The van der Waals surface area contributed by atoms with Crippen molar-refractivity contribution in [3.8, 4) is 0 Å². The maximum atomic E-state index is 12.6. The van der Waals surface area contributed by atoms with Crippen molar-refractivity contribution in [2.24, 2.45) is 0 Å². The van der Waals surface area contributed by atoms with Crippen molar-refractivity contribution in [3.05, 3.63) is 75.8 Å². The first kappa shape index (κ1) is 17.6. The van der Waals surface area contributed by atoms with Gasteiger partial charge >= 0.3 is 12.4 Å². The molecule has 0 aliphatic carbocycles. The summed E-state index contributed by atoms with van der Waals surface area (Å²) in [5.41, 5.74) is -0.193. The first-order valence-corrected chi connectivity index (χ1v) is 7.20. The largest absolute Gasteiger partial charge is 0.416 e. The second-order valence-corrected chi connectivity index (χ2v) is 5.13. The van der Waals surface area contributed by atoms with E-state index in [-0.39, 0.29) is 0 Å². The van der Waals surface area contributed by atoms with E-state index in [0.29, 0.717) is 16.7 Å². The van der Waals surface area contributed by atoms with Gasteiger partial charge in [0.15, 0.2) is 0 Å². The maximum Gasteiger partial charge on any atom is 0.416 e. The molecule has 2 aromatic rings. The van der Waals surface area contributed by atoms with Crippen LogP contribution in [0.25, 0.3) is 5.57 Å². The molecule has 2 rings (SSSR count). The van der Waals surface area contributed by atoms with E-state index in [1.54, 1.807) is 0 Å². The minimum Gasteiger partial charge on any atom is -0.166 e. The molecule has 0 fully saturated rings. The van der Waals surface area contributed by atoms with E-state index in [9.17, 15) is 26.3 Å². The SMILES string of the molecule is FC(F)(F)c1ccc(C(=CBr)c2ccc(C(F)(F)F)cc2)cc1. The molecule has 0 saturated carbocycles. The number of hydrogen-bond acceptors (Lipinski definition) is 0. The summed E-state index contributed by atoms with van der Waals surface area (Å²) in [6.07, 6.45) is -8.88. The number of benzene rings is 2. The topological polar surface area (TPSA) is 0 Å². The van der Waals surface area contributed by atoms with Crippen molar-refractivity contribution in [2.45, 2.75) is 12.4 Å². The van der Waals surface area contributed by atoms with Crippen molar-refractivity contribution in [1.29, 1.82) is 0 Å². The molecule has 0 heterocycles. The zero-order valence-electron chi connectivity index (χ0n) is 11.3. The van der Waals surface area contributed by atoms with Gasteiger partial charge in [-0.25, -0.2) is 0 Å². The quantitative estimate of drug-likeness (QED) is 0.509. The first-order valence-electron chi connectivity index (χ1n) is 6.28. The highest BCUT2D eigenvalue weighted by Gasteiger charge is 2.31. The van der Waals surface area contributed by atoms with Gasteiger partial charge in [-0.2, -0.15) is 26.3 Å². The second-order valence-electron chi connectivity index (χ2n) is 4.67. The van der Waals surface area contributed by atoms with Crippen LogP contribution in [0.3, 0.4) is 0 Å². The van der Waals surface area contributed by atoms with Crippen LogP contribution in [0.2, 0.25) is 0 Å². The van der Waals surface area contributed by atoms with Crippen molar-refractivity contribution in [1.82, 2.24) is 0 Å². The van der Waals surface area contributed by atoms with Crippen molar-refractivity contribution in [3.63, 3.8) is 0 Å². The summed E-state index contributed by atoms with van der Waals surface area (Å²) in [7, 11) is 0. The number of hydrogen-bond donors (Lipinski definition) is 0. The average molecular weight is 395 g/mol. The third-order valence-electron chi connectivity index (χ3n) is 3.16. The van der Waals surface area contributed by atoms with Crippen molar-refractivity contribution < 1.29 is 26.3 Å². The summed E-state index contributed by atoms with van der Waals surface area (Å²) in [5.74, 6) is 0. The van der Waals surface area contributed by atoms with Crippen LogP contribution in [0.1, 0.15) is 22.3 Å². The fourth-order valence-electron chi connectivity index (χ4n) is 1.97. The van der Waals surface area contributed by atoms with E-state index in [1.807, 2.05) is 0 Å². The predicted octanol–water partition coefficient (Wildman–Crippen LogP) is 6.51. The Hall–Kier alpha value is -1.76. The molecule has 0 saturated heterocycles. The lowest BCUT2D eigenvalue weighted by Gasteiger charge is -2.12.